The second kappa shape index (κ2) is 3.00. The summed E-state index contributed by atoms with van der Waals surface area (Å²) in [5.74, 6) is 0. The maximum atomic E-state index is 5.83. The smallest absolute Gasteiger partial charge is 0.0735 e. The van der Waals surface area contributed by atoms with E-state index in [0.717, 1.165) is 0 Å². The number of nitrogens with zero attached hydrogens (tertiary/aromatic N) is 1. The van der Waals surface area contributed by atoms with Gasteiger partial charge in [-0.2, -0.15) is 0 Å². The van der Waals surface area contributed by atoms with Crippen molar-refractivity contribution < 1.29 is 4.74 Å². The zero-order chi connectivity index (χ0) is 8.60. The van der Waals surface area contributed by atoms with Gasteiger partial charge < -0.3 is 9.64 Å². The van der Waals surface area contributed by atoms with E-state index >= 15 is 0 Å². The summed E-state index contributed by atoms with van der Waals surface area (Å²) in [5.41, 5.74) is 0.311. The molecule has 0 aromatic heterocycles. The fraction of sp³-hybridized carbons (Fsp3) is 1.00. The summed E-state index contributed by atoms with van der Waals surface area (Å²) in [6.07, 6.45) is 4.33. The fourth-order valence-corrected chi connectivity index (χ4v) is 2.54. The van der Waals surface area contributed by atoms with Crippen LogP contribution in [0.3, 0.4) is 0 Å². The van der Waals surface area contributed by atoms with Crippen molar-refractivity contribution in [1.29, 1.82) is 0 Å². The van der Waals surface area contributed by atoms with Gasteiger partial charge in [-0.05, 0) is 26.3 Å². The van der Waals surface area contributed by atoms with Crippen molar-refractivity contribution in [2.24, 2.45) is 0 Å². The molecule has 2 saturated heterocycles. The molecule has 2 heterocycles. The average molecular weight is 169 g/mol. The minimum absolute atomic E-state index is 0.311. The molecule has 2 rings (SSSR count). The van der Waals surface area contributed by atoms with Gasteiger partial charge in [0.2, 0.25) is 0 Å². The van der Waals surface area contributed by atoms with E-state index in [4.69, 9.17) is 4.74 Å². The molecule has 1 unspecified atom stereocenters. The predicted molar refractivity (Wildman–Crippen MR) is 49.2 cm³/mol. The van der Waals surface area contributed by atoms with Gasteiger partial charge in [0, 0.05) is 19.5 Å². The highest BCUT2D eigenvalue weighted by Crippen LogP contribution is 2.40. The first-order valence-corrected chi connectivity index (χ1v) is 5.14. The topological polar surface area (TPSA) is 12.5 Å². The third-order valence-corrected chi connectivity index (χ3v) is 3.33. The third-order valence-electron chi connectivity index (χ3n) is 3.33. The molecule has 0 amide bonds. The first-order chi connectivity index (χ1) is 5.74. The molecule has 0 aliphatic carbocycles. The molecule has 0 saturated carbocycles. The summed E-state index contributed by atoms with van der Waals surface area (Å²) in [5, 5.41) is 0. The van der Waals surface area contributed by atoms with Crippen LogP contribution in [0.15, 0.2) is 0 Å². The molecule has 12 heavy (non-hydrogen) atoms. The lowest BCUT2D eigenvalue weighted by atomic mass is 9.81. The number of ether oxygens (including phenoxy) is 1. The van der Waals surface area contributed by atoms with E-state index < -0.39 is 0 Å². The van der Waals surface area contributed by atoms with Crippen molar-refractivity contribution >= 4 is 0 Å². The number of rotatable bonds is 1. The van der Waals surface area contributed by atoms with Gasteiger partial charge in [-0.1, -0.05) is 6.92 Å². The fourth-order valence-electron chi connectivity index (χ4n) is 2.54. The monoisotopic (exact) mass is 169 g/mol. The van der Waals surface area contributed by atoms with Crippen molar-refractivity contribution in [3.63, 3.8) is 0 Å². The van der Waals surface area contributed by atoms with E-state index in [0.29, 0.717) is 11.7 Å². The van der Waals surface area contributed by atoms with Crippen LogP contribution in [0.25, 0.3) is 0 Å². The highest BCUT2D eigenvalue weighted by atomic mass is 16.5. The maximum Gasteiger partial charge on any atom is 0.0735 e. The first-order valence-electron chi connectivity index (χ1n) is 5.14. The quantitative estimate of drug-likeness (QED) is 0.592. The van der Waals surface area contributed by atoms with Gasteiger partial charge in [0.05, 0.1) is 11.7 Å². The van der Waals surface area contributed by atoms with Crippen LogP contribution < -0.4 is 0 Å². The Morgan fingerprint density at radius 1 is 1.42 bits per heavy atom. The van der Waals surface area contributed by atoms with Crippen molar-refractivity contribution in [1.82, 2.24) is 4.90 Å². The standard InChI is InChI=1S/C10H19NO/c1-3-11-6-4-10(5-7-11)8-9(2)12-10/h9H,3-8H2,1-2H3. The molecular weight excluding hydrogens is 150 g/mol. The third kappa shape index (κ3) is 1.38. The molecule has 70 valence electrons. The molecule has 2 fully saturated rings. The molecule has 0 N–H and O–H groups in total. The van der Waals surface area contributed by atoms with Gasteiger partial charge in [-0.15, -0.1) is 0 Å². The van der Waals surface area contributed by atoms with Crippen molar-refractivity contribution in [3.8, 4) is 0 Å². The zero-order valence-corrected chi connectivity index (χ0v) is 8.18. The summed E-state index contributed by atoms with van der Waals surface area (Å²) in [4.78, 5) is 2.51. The van der Waals surface area contributed by atoms with Crippen molar-refractivity contribution in [2.45, 2.75) is 44.8 Å². The van der Waals surface area contributed by atoms with Crippen LogP contribution in [0.5, 0.6) is 0 Å². The lowest BCUT2D eigenvalue weighted by molar-refractivity contribution is -0.217. The summed E-state index contributed by atoms with van der Waals surface area (Å²) >= 11 is 0. The maximum absolute atomic E-state index is 5.83. The van der Waals surface area contributed by atoms with Crippen LogP contribution in [-0.2, 0) is 4.74 Å². The molecule has 0 radical (unpaired) electrons. The SMILES string of the molecule is CCN1CCC2(CC1)CC(C)O2. The van der Waals surface area contributed by atoms with E-state index in [1.165, 1.54) is 38.9 Å². The van der Waals surface area contributed by atoms with Crippen LogP contribution in [0, 0.1) is 0 Å². The Bertz CT molecular complexity index is 153. The largest absolute Gasteiger partial charge is 0.372 e. The average Bonchev–Trinajstić information content (AvgIpc) is 2.04. The summed E-state index contributed by atoms with van der Waals surface area (Å²) in [7, 11) is 0. The Labute approximate surface area is 74.9 Å². The van der Waals surface area contributed by atoms with Crippen LogP contribution in [0.1, 0.15) is 33.1 Å². The predicted octanol–water partition coefficient (Wildman–Crippen LogP) is 1.65. The van der Waals surface area contributed by atoms with Crippen molar-refractivity contribution in [3.05, 3.63) is 0 Å². The molecule has 2 aliphatic rings. The molecule has 2 nitrogen and oxygen atoms in total. The first kappa shape index (κ1) is 8.52. The van der Waals surface area contributed by atoms with Gasteiger partial charge in [0.1, 0.15) is 0 Å². The molecule has 1 spiro atoms. The molecule has 2 heteroatoms. The molecular formula is C10H19NO. The molecule has 0 bridgehead atoms. The number of hydrogen-bond donors (Lipinski definition) is 0. The van der Waals surface area contributed by atoms with Crippen molar-refractivity contribution in [2.75, 3.05) is 19.6 Å². The van der Waals surface area contributed by atoms with Crippen LogP contribution in [0.4, 0.5) is 0 Å². The second-order valence-electron chi connectivity index (χ2n) is 4.25. The highest BCUT2D eigenvalue weighted by molar-refractivity contribution is 4.95. The van der Waals surface area contributed by atoms with E-state index in [2.05, 4.69) is 18.7 Å². The van der Waals surface area contributed by atoms with Gasteiger partial charge in [0.25, 0.3) is 0 Å². The number of likely N-dealkylation sites (tertiary alicyclic amines) is 1. The Hall–Kier alpha value is -0.0800. The second-order valence-corrected chi connectivity index (χ2v) is 4.25. The van der Waals surface area contributed by atoms with E-state index in [1.807, 2.05) is 0 Å². The van der Waals surface area contributed by atoms with Gasteiger partial charge in [-0.25, -0.2) is 0 Å². The van der Waals surface area contributed by atoms with Crippen LogP contribution in [0.2, 0.25) is 0 Å². The molecule has 1 atom stereocenters. The molecule has 0 aromatic rings. The Kier molecular flexibility index (Phi) is 2.13. The Morgan fingerprint density at radius 3 is 2.42 bits per heavy atom. The van der Waals surface area contributed by atoms with Crippen LogP contribution in [-0.4, -0.2) is 36.2 Å². The Balaban J connectivity index is 1.83. The lowest BCUT2D eigenvalue weighted by Gasteiger charge is -2.51. The van der Waals surface area contributed by atoms with Gasteiger partial charge >= 0.3 is 0 Å². The summed E-state index contributed by atoms with van der Waals surface area (Å²) in [6, 6.07) is 0. The lowest BCUT2D eigenvalue weighted by Crippen LogP contribution is -2.55. The number of hydrogen-bond acceptors (Lipinski definition) is 2. The van der Waals surface area contributed by atoms with E-state index in [1.54, 1.807) is 0 Å². The normalized spacial score (nSPS) is 35.0. The molecule has 2 aliphatic heterocycles. The summed E-state index contributed by atoms with van der Waals surface area (Å²) < 4.78 is 5.83. The zero-order valence-electron chi connectivity index (χ0n) is 8.18. The van der Waals surface area contributed by atoms with Gasteiger partial charge in [-0.3, -0.25) is 0 Å². The minimum atomic E-state index is 0.311. The van der Waals surface area contributed by atoms with E-state index in [-0.39, 0.29) is 0 Å². The van der Waals surface area contributed by atoms with Crippen LogP contribution >= 0.6 is 0 Å². The highest BCUT2D eigenvalue weighted by Gasteiger charge is 2.44. The molecule has 0 aromatic carbocycles. The van der Waals surface area contributed by atoms with Gasteiger partial charge in [0.15, 0.2) is 0 Å². The number of piperidine rings is 1. The Morgan fingerprint density at radius 2 is 2.00 bits per heavy atom. The minimum Gasteiger partial charge on any atom is -0.372 e. The van der Waals surface area contributed by atoms with E-state index in [9.17, 15) is 0 Å². The summed E-state index contributed by atoms with van der Waals surface area (Å²) in [6.45, 7) is 8.10.